The molecule has 0 aliphatic carbocycles. The van der Waals surface area contributed by atoms with Crippen LogP contribution in [-0.4, -0.2) is 8.42 Å². The molecule has 19 heavy (non-hydrogen) atoms. The van der Waals surface area contributed by atoms with E-state index < -0.39 is 9.84 Å². The fraction of sp³-hybridized carbons (Fsp3) is 0.0769. The quantitative estimate of drug-likeness (QED) is 0.626. The molecule has 0 aliphatic heterocycles. The van der Waals surface area contributed by atoms with Crippen molar-refractivity contribution in [3.63, 3.8) is 0 Å². The van der Waals surface area contributed by atoms with Crippen molar-refractivity contribution in [3.05, 3.63) is 56.6 Å². The Morgan fingerprint density at radius 1 is 1.11 bits per heavy atom. The number of halogens is 2. The minimum absolute atomic E-state index is 0.0514. The van der Waals surface area contributed by atoms with Crippen LogP contribution in [0.25, 0.3) is 0 Å². The largest absolute Gasteiger partial charge is 0.398 e. The van der Waals surface area contributed by atoms with Crippen molar-refractivity contribution in [2.45, 2.75) is 10.6 Å². The van der Waals surface area contributed by atoms with E-state index in [2.05, 4.69) is 22.6 Å². The van der Waals surface area contributed by atoms with Crippen molar-refractivity contribution < 1.29 is 8.42 Å². The lowest BCUT2D eigenvalue weighted by Gasteiger charge is -2.06. The molecule has 0 atom stereocenters. The highest BCUT2D eigenvalue weighted by atomic mass is 127. The van der Waals surface area contributed by atoms with E-state index in [-0.39, 0.29) is 15.7 Å². The van der Waals surface area contributed by atoms with Gasteiger partial charge in [0.15, 0.2) is 9.84 Å². The van der Waals surface area contributed by atoms with Crippen molar-refractivity contribution >= 4 is 49.7 Å². The fourth-order valence-electron chi connectivity index (χ4n) is 1.58. The number of rotatable bonds is 3. The summed E-state index contributed by atoms with van der Waals surface area (Å²) >= 11 is 8.03. The van der Waals surface area contributed by atoms with Crippen molar-refractivity contribution in [2.75, 3.05) is 5.73 Å². The third-order valence-corrected chi connectivity index (χ3v) is 5.33. The van der Waals surface area contributed by atoms with E-state index in [4.69, 9.17) is 17.3 Å². The minimum atomic E-state index is -3.41. The summed E-state index contributed by atoms with van der Waals surface area (Å²) in [7, 11) is -3.41. The van der Waals surface area contributed by atoms with Crippen LogP contribution in [0.2, 0.25) is 5.02 Å². The second-order valence-electron chi connectivity index (χ2n) is 4.07. The van der Waals surface area contributed by atoms with Gasteiger partial charge in [-0.2, -0.15) is 0 Å². The lowest BCUT2D eigenvalue weighted by atomic mass is 10.2. The second kappa shape index (κ2) is 5.68. The average molecular weight is 408 g/mol. The average Bonchev–Trinajstić information content (AvgIpc) is 2.35. The molecule has 0 bridgehead atoms. The molecular weight excluding hydrogens is 397 g/mol. The maximum Gasteiger partial charge on any atom is 0.182 e. The van der Waals surface area contributed by atoms with E-state index in [1.54, 1.807) is 12.1 Å². The number of hydrogen-bond donors (Lipinski definition) is 1. The summed E-state index contributed by atoms with van der Waals surface area (Å²) in [4.78, 5) is 0.185. The summed E-state index contributed by atoms with van der Waals surface area (Å²) < 4.78 is 25.6. The number of hydrogen-bond acceptors (Lipinski definition) is 3. The van der Waals surface area contributed by atoms with Crippen LogP contribution in [0, 0.1) is 3.57 Å². The van der Waals surface area contributed by atoms with E-state index in [0.29, 0.717) is 5.69 Å². The van der Waals surface area contributed by atoms with E-state index in [1.807, 2.05) is 12.1 Å². The maximum atomic E-state index is 12.2. The van der Waals surface area contributed by atoms with Gasteiger partial charge in [-0.3, -0.25) is 0 Å². The van der Waals surface area contributed by atoms with Gasteiger partial charge < -0.3 is 5.73 Å². The van der Waals surface area contributed by atoms with Crippen molar-refractivity contribution in [3.8, 4) is 0 Å². The molecule has 0 aliphatic rings. The molecule has 100 valence electrons. The zero-order chi connectivity index (χ0) is 14.0. The Morgan fingerprint density at radius 2 is 1.74 bits per heavy atom. The van der Waals surface area contributed by atoms with Crippen LogP contribution in [0.4, 0.5) is 5.69 Å². The molecule has 2 aromatic rings. The molecule has 0 heterocycles. The maximum absolute atomic E-state index is 12.2. The first-order valence-corrected chi connectivity index (χ1v) is 8.51. The molecule has 0 spiro atoms. The monoisotopic (exact) mass is 407 g/mol. The second-order valence-corrected chi connectivity index (χ2v) is 7.71. The molecule has 0 amide bonds. The summed E-state index contributed by atoms with van der Waals surface area (Å²) in [5, 5.41) is 0.253. The van der Waals surface area contributed by atoms with Crippen LogP contribution >= 0.6 is 34.2 Å². The van der Waals surface area contributed by atoms with Crippen LogP contribution in [0.3, 0.4) is 0 Å². The zero-order valence-corrected chi connectivity index (χ0v) is 13.5. The number of nitrogens with two attached hydrogens (primary N) is 1. The first-order valence-electron chi connectivity index (χ1n) is 5.41. The topological polar surface area (TPSA) is 60.2 Å². The van der Waals surface area contributed by atoms with Gasteiger partial charge in [-0.15, -0.1) is 0 Å². The molecule has 0 fully saturated rings. The van der Waals surface area contributed by atoms with Gasteiger partial charge in [0.1, 0.15) is 0 Å². The zero-order valence-electron chi connectivity index (χ0n) is 9.81. The third kappa shape index (κ3) is 3.61. The first-order chi connectivity index (χ1) is 8.88. The third-order valence-electron chi connectivity index (χ3n) is 2.60. The first kappa shape index (κ1) is 14.6. The standard InChI is InChI=1S/C13H11ClINO2S/c14-12-7-11(5-6-13(12)16)19(17,18)8-9-1-3-10(15)4-2-9/h1-7H,8,16H2. The van der Waals surface area contributed by atoms with Gasteiger partial charge in [0.05, 0.1) is 21.4 Å². The van der Waals surface area contributed by atoms with Crippen molar-refractivity contribution in [2.24, 2.45) is 0 Å². The smallest absolute Gasteiger partial charge is 0.182 e. The van der Waals surface area contributed by atoms with Crippen molar-refractivity contribution in [1.82, 2.24) is 0 Å². The van der Waals surface area contributed by atoms with Gasteiger partial charge >= 0.3 is 0 Å². The minimum Gasteiger partial charge on any atom is -0.398 e. The van der Waals surface area contributed by atoms with E-state index in [0.717, 1.165) is 9.13 Å². The molecule has 0 aromatic heterocycles. The Balaban J connectivity index is 2.32. The van der Waals surface area contributed by atoms with Gasteiger partial charge in [-0.1, -0.05) is 23.7 Å². The Hall–Kier alpha value is -0.790. The molecule has 0 saturated carbocycles. The highest BCUT2D eigenvalue weighted by Crippen LogP contribution is 2.24. The van der Waals surface area contributed by atoms with Gasteiger partial charge in [-0.25, -0.2) is 8.42 Å². The van der Waals surface area contributed by atoms with Gasteiger partial charge in [0.25, 0.3) is 0 Å². The van der Waals surface area contributed by atoms with Crippen LogP contribution < -0.4 is 5.73 Å². The Bertz CT molecular complexity index is 699. The Kier molecular flexibility index (Phi) is 4.37. The lowest BCUT2D eigenvalue weighted by Crippen LogP contribution is -2.05. The van der Waals surface area contributed by atoms with Crippen molar-refractivity contribution in [1.29, 1.82) is 0 Å². The van der Waals surface area contributed by atoms with Crippen LogP contribution in [0.1, 0.15) is 5.56 Å². The Morgan fingerprint density at radius 3 is 2.32 bits per heavy atom. The van der Waals surface area contributed by atoms with Gasteiger partial charge in [0, 0.05) is 3.57 Å². The molecule has 0 radical (unpaired) electrons. The highest BCUT2D eigenvalue weighted by Gasteiger charge is 2.16. The molecule has 0 saturated heterocycles. The molecule has 6 heteroatoms. The highest BCUT2D eigenvalue weighted by molar-refractivity contribution is 14.1. The molecule has 0 unspecified atom stereocenters. The van der Waals surface area contributed by atoms with E-state index >= 15 is 0 Å². The van der Waals surface area contributed by atoms with E-state index in [9.17, 15) is 8.42 Å². The van der Waals surface area contributed by atoms with Crippen LogP contribution in [0.5, 0.6) is 0 Å². The summed E-state index contributed by atoms with van der Waals surface area (Å²) in [6.07, 6.45) is 0. The predicted molar refractivity (Wildman–Crippen MR) is 85.9 cm³/mol. The summed E-state index contributed by atoms with van der Waals surface area (Å²) in [5.41, 5.74) is 6.69. The number of benzene rings is 2. The summed E-state index contributed by atoms with van der Waals surface area (Å²) in [6.45, 7) is 0. The van der Waals surface area contributed by atoms with Gasteiger partial charge in [0.2, 0.25) is 0 Å². The molecule has 3 nitrogen and oxygen atoms in total. The van der Waals surface area contributed by atoms with Gasteiger partial charge in [-0.05, 0) is 58.5 Å². The number of nitrogen functional groups attached to an aromatic ring is 1. The molecule has 2 N–H and O–H groups in total. The normalized spacial score (nSPS) is 11.5. The van der Waals surface area contributed by atoms with Crippen LogP contribution in [-0.2, 0) is 15.6 Å². The van der Waals surface area contributed by atoms with Crippen LogP contribution in [0.15, 0.2) is 47.4 Å². The summed E-state index contributed by atoms with van der Waals surface area (Å²) in [5.74, 6) is -0.0514. The fourth-order valence-corrected chi connectivity index (χ4v) is 3.56. The molecule has 2 aromatic carbocycles. The Labute approximate surface area is 130 Å². The lowest BCUT2D eigenvalue weighted by molar-refractivity contribution is 0.595. The molecular formula is C13H11ClINO2S. The summed E-state index contributed by atoms with van der Waals surface area (Å²) in [6, 6.07) is 11.7. The predicted octanol–water partition coefficient (Wildman–Crippen LogP) is 3.50. The number of sulfone groups is 1. The number of anilines is 1. The molecule has 2 rings (SSSR count). The van der Waals surface area contributed by atoms with E-state index in [1.165, 1.54) is 18.2 Å². The SMILES string of the molecule is Nc1ccc(S(=O)(=O)Cc2ccc(I)cc2)cc1Cl.